The van der Waals surface area contributed by atoms with Gasteiger partial charge in [0.15, 0.2) is 0 Å². The Morgan fingerprint density at radius 2 is 1.93 bits per heavy atom. The molecule has 2 aromatic carbocycles. The number of allylic oxidation sites excluding steroid dienone is 1. The van der Waals surface area contributed by atoms with E-state index in [4.69, 9.17) is 4.74 Å². The molecular weight excluding hydrogens is 350 g/mol. The molecule has 0 bridgehead atoms. The molecule has 3 rings (SSSR count). The zero-order valence-electron chi connectivity index (χ0n) is 15.4. The van der Waals surface area contributed by atoms with Crippen LogP contribution < -0.4 is 10.1 Å². The summed E-state index contributed by atoms with van der Waals surface area (Å²) in [6, 6.07) is 19.2. The Morgan fingerprint density at radius 1 is 1.14 bits per heavy atom. The number of hydrogen-bond donors (Lipinski definition) is 2. The lowest BCUT2D eigenvalue weighted by atomic mass is 10.1. The molecule has 0 saturated heterocycles. The van der Waals surface area contributed by atoms with Gasteiger partial charge in [-0.3, -0.25) is 9.89 Å². The summed E-state index contributed by atoms with van der Waals surface area (Å²) in [6.45, 7) is 4.24. The zero-order chi connectivity index (χ0) is 19.6. The number of amides is 1. The molecule has 140 valence electrons. The fraction of sp³-hybridized carbons (Fsp3) is 0.130. The first-order valence-electron chi connectivity index (χ1n) is 8.94. The molecule has 1 heterocycles. The van der Waals surface area contributed by atoms with Crippen LogP contribution in [0.4, 0.5) is 0 Å². The number of carbonyl (C=O) groups is 1. The van der Waals surface area contributed by atoms with Crippen LogP contribution in [0.15, 0.2) is 73.3 Å². The van der Waals surface area contributed by atoms with E-state index in [0.29, 0.717) is 5.69 Å². The van der Waals surface area contributed by atoms with E-state index in [1.165, 1.54) is 0 Å². The SMILES string of the molecule is C=CCc1ccccc1OCC#CCNC(=O)c1cc(-c2ccccc2)n[nH]1. The molecule has 3 aromatic rings. The van der Waals surface area contributed by atoms with Crippen LogP contribution >= 0.6 is 0 Å². The second kappa shape index (κ2) is 9.79. The number of H-pyrrole nitrogens is 1. The molecule has 0 saturated carbocycles. The van der Waals surface area contributed by atoms with Crippen molar-refractivity contribution >= 4 is 5.91 Å². The summed E-state index contributed by atoms with van der Waals surface area (Å²) >= 11 is 0. The third-order valence-electron chi connectivity index (χ3n) is 3.99. The molecule has 0 radical (unpaired) electrons. The molecule has 5 heteroatoms. The second-order valence-corrected chi connectivity index (χ2v) is 5.96. The Kier molecular flexibility index (Phi) is 6.64. The van der Waals surface area contributed by atoms with Crippen LogP contribution in [0, 0.1) is 11.8 Å². The summed E-state index contributed by atoms with van der Waals surface area (Å²) in [5.41, 5.74) is 3.14. The number of nitrogens with zero attached hydrogens (tertiary/aromatic N) is 1. The number of aromatic amines is 1. The summed E-state index contributed by atoms with van der Waals surface area (Å²) in [7, 11) is 0. The number of benzene rings is 2. The molecule has 0 spiro atoms. The monoisotopic (exact) mass is 371 g/mol. The van der Waals surface area contributed by atoms with Gasteiger partial charge in [-0.05, 0) is 24.1 Å². The van der Waals surface area contributed by atoms with E-state index in [-0.39, 0.29) is 19.1 Å². The fourth-order valence-corrected chi connectivity index (χ4v) is 2.61. The third kappa shape index (κ3) is 5.12. The van der Waals surface area contributed by atoms with Crippen LogP contribution in [0.3, 0.4) is 0 Å². The van der Waals surface area contributed by atoms with Gasteiger partial charge in [-0.1, -0.05) is 66.4 Å². The van der Waals surface area contributed by atoms with E-state index >= 15 is 0 Å². The Morgan fingerprint density at radius 3 is 2.75 bits per heavy atom. The number of rotatable bonds is 7. The summed E-state index contributed by atoms with van der Waals surface area (Å²) < 4.78 is 5.68. The minimum absolute atomic E-state index is 0.232. The maximum atomic E-state index is 12.2. The van der Waals surface area contributed by atoms with Gasteiger partial charge in [-0.25, -0.2) is 0 Å². The van der Waals surface area contributed by atoms with Crippen LogP contribution in [0.1, 0.15) is 16.1 Å². The minimum Gasteiger partial charge on any atom is -0.481 e. The van der Waals surface area contributed by atoms with Gasteiger partial charge in [0.1, 0.15) is 18.1 Å². The van der Waals surface area contributed by atoms with Crippen molar-refractivity contribution in [1.82, 2.24) is 15.5 Å². The zero-order valence-corrected chi connectivity index (χ0v) is 15.4. The van der Waals surface area contributed by atoms with Gasteiger partial charge >= 0.3 is 0 Å². The highest BCUT2D eigenvalue weighted by atomic mass is 16.5. The first kappa shape index (κ1) is 19.0. The van der Waals surface area contributed by atoms with Gasteiger partial charge in [0.05, 0.1) is 12.2 Å². The van der Waals surface area contributed by atoms with E-state index < -0.39 is 0 Å². The summed E-state index contributed by atoms with van der Waals surface area (Å²) in [5.74, 6) is 6.34. The van der Waals surface area contributed by atoms with E-state index in [1.54, 1.807) is 6.07 Å². The molecule has 28 heavy (non-hydrogen) atoms. The van der Waals surface area contributed by atoms with Gasteiger partial charge in [0, 0.05) is 5.56 Å². The fourth-order valence-electron chi connectivity index (χ4n) is 2.61. The lowest BCUT2D eigenvalue weighted by Gasteiger charge is -2.07. The Labute approximate surface area is 164 Å². The first-order valence-corrected chi connectivity index (χ1v) is 8.94. The van der Waals surface area contributed by atoms with Gasteiger partial charge in [-0.2, -0.15) is 5.10 Å². The highest BCUT2D eigenvalue weighted by molar-refractivity contribution is 5.93. The van der Waals surface area contributed by atoms with E-state index in [0.717, 1.165) is 29.0 Å². The largest absolute Gasteiger partial charge is 0.481 e. The van der Waals surface area contributed by atoms with Gasteiger partial charge in [-0.15, -0.1) is 6.58 Å². The second-order valence-electron chi connectivity index (χ2n) is 5.96. The topological polar surface area (TPSA) is 67.0 Å². The number of hydrogen-bond acceptors (Lipinski definition) is 3. The Hall–Kier alpha value is -3.78. The number of ether oxygens (including phenoxy) is 1. The molecule has 0 atom stereocenters. The van der Waals surface area contributed by atoms with Crippen molar-refractivity contribution in [3.8, 4) is 28.8 Å². The molecule has 0 aliphatic heterocycles. The quantitative estimate of drug-likeness (QED) is 0.492. The number of nitrogens with one attached hydrogen (secondary N) is 2. The molecule has 0 aliphatic rings. The summed E-state index contributed by atoms with van der Waals surface area (Å²) in [6.07, 6.45) is 2.58. The van der Waals surface area contributed by atoms with Crippen molar-refractivity contribution in [2.45, 2.75) is 6.42 Å². The normalized spacial score (nSPS) is 9.86. The molecule has 2 N–H and O–H groups in total. The number of carbonyl (C=O) groups excluding carboxylic acids is 1. The van der Waals surface area contributed by atoms with Crippen LogP contribution in [-0.4, -0.2) is 29.3 Å². The summed E-state index contributed by atoms with van der Waals surface area (Å²) in [5, 5.41) is 9.67. The molecule has 5 nitrogen and oxygen atoms in total. The molecule has 1 aromatic heterocycles. The smallest absolute Gasteiger partial charge is 0.270 e. The average molecular weight is 371 g/mol. The van der Waals surface area contributed by atoms with Crippen molar-refractivity contribution in [3.05, 3.63) is 84.6 Å². The van der Waals surface area contributed by atoms with Gasteiger partial charge in [0.2, 0.25) is 0 Å². The Balaban J connectivity index is 1.47. The predicted molar refractivity (Wildman–Crippen MR) is 110 cm³/mol. The van der Waals surface area contributed by atoms with Gasteiger partial charge in [0.25, 0.3) is 5.91 Å². The number of aromatic nitrogens is 2. The van der Waals surface area contributed by atoms with Crippen LogP contribution in [-0.2, 0) is 6.42 Å². The van der Waals surface area contributed by atoms with Crippen molar-refractivity contribution < 1.29 is 9.53 Å². The Bertz CT molecular complexity index is 997. The molecule has 1 amide bonds. The van der Waals surface area contributed by atoms with E-state index in [1.807, 2.05) is 60.7 Å². The van der Waals surface area contributed by atoms with Crippen molar-refractivity contribution in [1.29, 1.82) is 0 Å². The standard InChI is InChI=1S/C23H21N3O2/c1-2-10-19-13-6-7-14-22(19)28-16-9-8-15-24-23(27)21-17-20(25-26-21)18-11-4-3-5-12-18/h2-7,11-14,17H,1,10,15-16H2,(H,24,27)(H,25,26). The molecular formula is C23H21N3O2. The van der Waals surface area contributed by atoms with Crippen molar-refractivity contribution in [3.63, 3.8) is 0 Å². The van der Waals surface area contributed by atoms with Crippen LogP contribution in [0.5, 0.6) is 5.75 Å². The first-order chi connectivity index (χ1) is 13.8. The molecule has 0 unspecified atom stereocenters. The lowest BCUT2D eigenvalue weighted by molar-refractivity contribution is 0.0953. The third-order valence-corrected chi connectivity index (χ3v) is 3.99. The maximum absolute atomic E-state index is 12.2. The highest BCUT2D eigenvalue weighted by Crippen LogP contribution is 2.18. The number of para-hydroxylation sites is 1. The predicted octanol–water partition coefficient (Wildman–Crippen LogP) is 3.62. The minimum atomic E-state index is -0.249. The molecule has 0 aliphatic carbocycles. The average Bonchev–Trinajstić information content (AvgIpc) is 3.23. The highest BCUT2D eigenvalue weighted by Gasteiger charge is 2.09. The van der Waals surface area contributed by atoms with Crippen molar-refractivity contribution in [2.75, 3.05) is 13.2 Å². The summed E-state index contributed by atoms with van der Waals surface area (Å²) in [4.78, 5) is 12.2. The van der Waals surface area contributed by atoms with Crippen LogP contribution in [0.2, 0.25) is 0 Å². The van der Waals surface area contributed by atoms with E-state index in [9.17, 15) is 4.79 Å². The lowest BCUT2D eigenvalue weighted by Crippen LogP contribution is -2.24. The van der Waals surface area contributed by atoms with E-state index in [2.05, 4.69) is 33.9 Å². The van der Waals surface area contributed by atoms with Crippen molar-refractivity contribution in [2.24, 2.45) is 0 Å². The molecule has 0 fully saturated rings. The maximum Gasteiger partial charge on any atom is 0.270 e. The van der Waals surface area contributed by atoms with Crippen LogP contribution in [0.25, 0.3) is 11.3 Å². The van der Waals surface area contributed by atoms with Gasteiger partial charge < -0.3 is 10.1 Å².